The molecule has 0 saturated carbocycles. The van der Waals surface area contributed by atoms with Crippen LogP contribution in [0.25, 0.3) is 0 Å². The van der Waals surface area contributed by atoms with Crippen LogP contribution in [-0.2, 0) is 13.2 Å². The molecule has 0 aliphatic heterocycles. The van der Waals surface area contributed by atoms with Crippen molar-refractivity contribution in [3.05, 3.63) is 64.7 Å². The molecule has 0 fully saturated rings. The van der Waals surface area contributed by atoms with Gasteiger partial charge in [-0.05, 0) is 30.3 Å². The molecule has 0 radical (unpaired) electrons. The highest BCUT2D eigenvalue weighted by molar-refractivity contribution is 6.31. The molecule has 20 heavy (non-hydrogen) atoms. The highest BCUT2D eigenvalue weighted by Gasteiger charge is 2.01. The van der Waals surface area contributed by atoms with Gasteiger partial charge in [0.05, 0.1) is 13.2 Å². The average Bonchev–Trinajstić information content (AvgIpc) is 2.48. The van der Waals surface area contributed by atoms with Crippen LogP contribution in [0.2, 0.25) is 5.02 Å². The van der Waals surface area contributed by atoms with E-state index < -0.39 is 0 Å². The number of nitrogens with two attached hydrogens (primary N) is 1. The van der Waals surface area contributed by atoms with Crippen LogP contribution < -0.4 is 10.1 Å². The highest BCUT2D eigenvalue weighted by Crippen LogP contribution is 2.18. The molecule has 0 aromatic heterocycles. The van der Waals surface area contributed by atoms with Crippen molar-refractivity contribution in [2.45, 2.75) is 13.2 Å². The topological polar surface area (TPSA) is 46.1 Å². The maximum atomic E-state index is 8.73. The Hall–Kier alpha value is -1.55. The van der Waals surface area contributed by atoms with Gasteiger partial charge in [-0.15, -0.1) is 0 Å². The van der Waals surface area contributed by atoms with Crippen LogP contribution in [0.3, 0.4) is 0 Å². The zero-order valence-electron chi connectivity index (χ0n) is 11.3. The fourth-order valence-corrected chi connectivity index (χ4v) is 2.05. The van der Waals surface area contributed by atoms with E-state index >= 15 is 0 Å². The molecule has 0 spiro atoms. The predicted molar refractivity (Wildman–Crippen MR) is 79.8 cm³/mol. The molecule has 2 aromatic rings. The fourth-order valence-electron chi connectivity index (χ4n) is 1.86. The van der Waals surface area contributed by atoms with Crippen molar-refractivity contribution in [2.75, 3.05) is 13.2 Å². The number of halogens is 1. The molecule has 0 aliphatic rings. The summed E-state index contributed by atoms with van der Waals surface area (Å²) in [6.07, 6.45) is 0. The number of ether oxygens (including phenoxy) is 1. The number of hydrogen-bond acceptors (Lipinski definition) is 2. The zero-order valence-corrected chi connectivity index (χ0v) is 12.0. The predicted octanol–water partition coefficient (Wildman–Crippen LogP) is 1.97. The summed E-state index contributed by atoms with van der Waals surface area (Å²) in [5, 5.41) is 11.5. The van der Waals surface area contributed by atoms with E-state index in [9.17, 15) is 0 Å². The van der Waals surface area contributed by atoms with E-state index in [0.717, 1.165) is 29.4 Å². The van der Waals surface area contributed by atoms with Crippen LogP contribution in [0, 0.1) is 0 Å². The molecule has 2 rings (SSSR count). The lowest BCUT2D eigenvalue weighted by atomic mass is 10.2. The molecule has 0 amide bonds. The van der Waals surface area contributed by atoms with Crippen molar-refractivity contribution in [1.82, 2.24) is 0 Å². The van der Waals surface area contributed by atoms with Crippen LogP contribution in [0.1, 0.15) is 11.1 Å². The Morgan fingerprint density at radius 3 is 2.50 bits per heavy atom. The van der Waals surface area contributed by atoms with Gasteiger partial charge in [-0.2, -0.15) is 0 Å². The summed E-state index contributed by atoms with van der Waals surface area (Å²) in [6.45, 7) is 2.27. The molecule has 0 unspecified atom stereocenters. The summed E-state index contributed by atoms with van der Waals surface area (Å²) >= 11 is 6.08. The third-order valence-corrected chi connectivity index (χ3v) is 3.36. The van der Waals surface area contributed by atoms with Gasteiger partial charge in [0, 0.05) is 16.1 Å². The monoisotopic (exact) mass is 292 g/mol. The van der Waals surface area contributed by atoms with E-state index in [-0.39, 0.29) is 6.61 Å². The molecular formula is C16H19ClNO2+. The van der Waals surface area contributed by atoms with Crippen molar-refractivity contribution in [3.8, 4) is 5.75 Å². The van der Waals surface area contributed by atoms with Crippen molar-refractivity contribution in [3.63, 3.8) is 0 Å². The first-order chi connectivity index (χ1) is 9.79. The van der Waals surface area contributed by atoms with Crippen molar-refractivity contribution >= 4 is 11.6 Å². The normalized spacial score (nSPS) is 10.5. The Morgan fingerprint density at radius 2 is 1.80 bits per heavy atom. The fraction of sp³-hybridized carbons (Fsp3) is 0.250. The van der Waals surface area contributed by atoms with Crippen molar-refractivity contribution < 1.29 is 15.2 Å². The van der Waals surface area contributed by atoms with Crippen LogP contribution in [0.15, 0.2) is 48.5 Å². The van der Waals surface area contributed by atoms with Crippen molar-refractivity contribution in [1.29, 1.82) is 0 Å². The number of aliphatic hydroxyl groups excluding tert-OH is 1. The molecule has 0 bridgehead atoms. The van der Waals surface area contributed by atoms with E-state index in [1.54, 1.807) is 0 Å². The Kier molecular flexibility index (Phi) is 5.87. The summed E-state index contributed by atoms with van der Waals surface area (Å²) in [5.74, 6) is 0.829. The summed E-state index contributed by atoms with van der Waals surface area (Å²) < 4.78 is 5.72. The first-order valence-corrected chi connectivity index (χ1v) is 7.05. The lowest BCUT2D eigenvalue weighted by molar-refractivity contribution is -0.671. The van der Waals surface area contributed by atoms with E-state index in [4.69, 9.17) is 21.4 Å². The number of benzene rings is 2. The maximum Gasteiger partial charge on any atom is 0.119 e. The Morgan fingerprint density at radius 1 is 1.05 bits per heavy atom. The number of rotatable bonds is 7. The van der Waals surface area contributed by atoms with Crippen LogP contribution in [-0.4, -0.2) is 18.3 Å². The quantitative estimate of drug-likeness (QED) is 0.767. The molecule has 3 nitrogen and oxygen atoms in total. The molecule has 2 aromatic carbocycles. The first kappa shape index (κ1) is 14.9. The smallest absolute Gasteiger partial charge is 0.119 e. The molecule has 0 heterocycles. The summed E-state index contributed by atoms with van der Waals surface area (Å²) in [6, 6.07) is 15.7. The van der Waals surface area contributed by atoms with E-state index in [0.29, 0.717) is 6.61 Å². The van der Waals surface area contributed by atoms with Crippen LogP contribution >= 0.6 is 11.6 Å². The Balaban J connectivity index is 1.86. The zero-order chi connectivity index (χ0) is 14.2. The summed E-state index contributed by atoms with van der Waals surface area (Å²) in [5.41, 5.74) is 2.19. The minimum atomic E-state index is 0.207. The summed E-state index contributed by atoms with van der Waals surface area (Å²) in [7, 11) is 0. The standard InChI is InChI=1S/C16H18ClNO2/c17-16-4-2-1-3-14(16)12-20-15-7-5-13(6-8-15)11-18-9-10-19/h1-8,18-19H,9-12H2/p+1. The van der Waals surface area contributed by atoms with Gasteiger partial charge < -0.3 is 15.2 Å². The second-order valence-electron chi connectivity index (χ2n) is 4.53. The minimum absolute atomic E-state index is 0.207. The van der Waals surface area contributed by atoms with E-state index in [2.05, 4.69) is 5.32 Å². The SMILES string of the molecule is OCC[NH2+]Cc1ccc(OCc2ccccc2Cl)cc1. The second kappa shape index (κ2) is 7.90. The number of quaternary nitrogens is 1. The third kappa shape index (κ3) is 4.53. The molecule has 3 N–H and O–H groups in total. The molecule has 0 saturated heterocycles. The van der Waals surface area contributed by atoms with E-state index in [1.807, 2.05) is 48.5 Å². The molecule has 4 heteroatoms. The van der Waals surface area contributed by atoms with Gasteiger partial charge in [0.25, 0.3) is 0 Å². The molecule has 106 valence electrons. The molecular weight excluding hydrogens is 274 g/mol. The minimum Gasteiger partial charge on any atom is -0.489 e. The largest absolute Gasteiger partial charge is 0.489 e. The van der Waals surface area contributed by atoms with Gasteiger partial charge in [0.1, 0.15) is 18.9 Å². The van der Waals surface area contributed by atoms with Crippen LogP contribution in [0.4, 0.5) is 0 Å². The van der Waals surface area contributed by atoms with Gasteiger partial charge >= 0.3 is 0 Å². The molecule has 0 aliphatic carbocycles. The molecule has 0 atom stereocenters. The van der Waals surface area contributed by atoms with Gasteiger partial charge in [-0.3, -0.25) is 0 Å². The Bertz CT molecular complexity index is 528. The number of aliphatic hydroxyl groups is 1. The van der Waals surface area contributed by atoms with Gasteiger partial charge in [0.2, 0.25) is 0 Å². The maximum absolute atomic E-state index is 8.73. The van der Waals surface area contributed by atoms with Gasteiger partial charge in [-0.25, -0.2) is 0 Å². The highest BCUT2D eigenvalue weighted by atomic mass is 35.5. The van der Waals surface area contributed by atoms with Gasteiger partial charge in [-0.1, -0.05) is 29.8 Å². The first-order valence-electron chi connectivity index (χ1n) is 6.67. The third-order valence-electron chi connectivity index (χ3n) is 2.99. The van der Waals surface area contributed by atoms with Gasteiger partial charge in [0.15, 0.2) is 0 Å². The second-order valence-corrected chi connectivity index (χ2v) is 4.94. The summed E-state index contributed by atoms with van der Waals surface area (Å²) in [4.78, 5) is 0. The Labute approximate surface area is 124 Å². The lowest BCUT2D eigenvalue weighted by Crippen LogP contribution is -2.83. The average molecular weight is 293 g/mol. The number of hydrogen-bond donors (Lipinski definition) is 2. The van der Waals surface area contributed by atoms with Crippen LogP contribution in [0.5, 0.6) is 5.75 Å². The van der Waals surface area contributed by atoms with E-state index in [1.165, 1.54) is 5.56 Å². The lowest BCUT2D eigenvalue weighted by Gasteiger charge is -2.08. The van der Waals surface area contributed by atoms with Crippen molar-refractivity contribution in [2.24, 2.45) is 0 Å².